The molecule has 4 N–H and O–H groups in total. The van der Waals surface area contributed by atoms with Crippen LogP contribution in [0.25, 0.3) is 22.8 Å². The van der Waals surface area contributed by atoms with E-state index >= 15 is 0 Å². The number of H-pyrrole nitrogens is 2. The predicted molar refractivity (Wildman–Crippen MR) is 375 cm³/mol. The molecule has 10 heterocycles. The summed E-state index contributed by atoms with van der Waals surface area (Å²) in [5.41, 5.74) is 8.80. The zero-order chi connectivity index (χ0) is 68.0. The van der Waals surface area contributed by atoms with Crippen molar-refractivity contribution in [2.45, 2.75) is 80.9 Å². The Balaban J connectivity index is 0.000000162. The Morgan fingerprint density at radius 2 is 0.990 bits per heavy atom. The highest BCUT2D eigenvalue weighted by Crippen LogP contribution is 2.42. The van der Waals surface area contributed by atoms with E-state index in [4.69, 9.17) is 42.7 Å². The summed E-state index contributed by atoms with van der Waals surface area (Å²) in [5.74, 6) is 1.73. The summed E-state index contributed by atoms with van der Waals surface area (Å²) >= 11 is 15.8. The van der Waals surface area contributed by atoms with Crippen LogP contribution in [0, 0.1) is 11.6 Å². The maximum atomic E-state index is 14.1. The number of rotatable bonds is 16. The van der Waals surface area contributed by atoms with E-state index < -0.39 is 35.7 Å². The highest BCUT2D eigenvalue weighted by molar-refractivity contribution is 7.12. The molecule has 0 unspecified atom stereocenters. The smallest absolute Gasteiger partial charge is 0.338 e. The first kappa shape index (κ1) is 65.7. The number of benzene rings is 4. The third kappa shape index (κ3) is 13.6. The highest BCUT2D eigenvalue weighted by Gasteiger charge is 2.45. The van der Waals surface area contributed by atoms with Gasteiger partial charge in [0.1, 0.15) is 35.4 Å². The summed E-state index contributed by atoms with van der Waals surface area (Å²) in [6.45, 7) is 5.28. The van der Waals surface area contributed by atoms with Gasteiger partial charge in [0.05, 0.1) is 37.4 Å². The minimum atomic E-state index is -0.839. The van der Waals surface area contributed by atoms with Gasteiger partial charge in [-0.25, -0.2) is 47.9 Å². The molecule has 0 bridgehead atoms. The number of esters is 2. The van der Waals surface area contributed by atoms with Crippen molar-refractivity contribution in [2.75, 3.05) is 89.5 Å². The number of fused-ring (bicyclic) bond motifs is 2. The number of carbonyl (C=O) groups excluding carboxylic acids is 4. The molecule has 2 saturated carbocycles. The van der Waals surface area contributed by atoms with E-state index in [1.54, 1.807) is 24.5 Å². The zero-order valence-electron chi connectivity index (χ0n) is 54.2. The molecule has 8 aliphatic rings. The van der Waals surface area contributed by atoms with Crippen LogP contribution < -0.4 is 20.4 Å². The van der Waals surface area contributed by atoms with Crippen molar-refractivity contribution in [1.29, 1.82) is 0 Å². The summed E-state index contributed by atoms with van der Waals surface area (Å²) in [4.78, 5) is 101. The normalized spacial score (nSPS) is 21.4. The summed E-state index contributed by atoms with van der Waals surface area (Å²) < 4.78 is 38.5. The van der Waals surface area contributed by atoms with Gasteiger partial charge in [0.25, 0.3) is 0 Å². The van der Waals surface area contributed by atoms with Gasteiger partial charge < -0.3 is 39.9 Å². The Bertz CT molecular complexity index is 4500. The molecule has 8 aromatic rings. The fourth-order valence-corrected chi connectivity index (χ4v) is 16.1. The van der Waals surface area contributed by atoms with Crippen molar-refractivity contribution < 1.29 is 37.4 Å². The zero-order valence-corrected chi connectivity index (χ0v) is 57.3. The van der Waals surface area contributed by atoms with Crippen molar-refractivity contribution in [1.82, 2.24) is 60.1 Å². The number of methoxy groups -OCH3 is 2. The Kier molecular flexibility index (Phi) is 18.7. The van der Waals surface area contributed by atoms with Crippen molar-refractivity contribution in [2.24, 2.45) is 9.98 Å². The second-order valence-corrected chi connectivity index (χ2v) is 28.4. The van der Waals surface area contributed by atoms with Crippen LogP contribution in [-0.2, 0) is 19.1 Å². The van der Waals surface area contributed by atoms with Gasteiger partial charge in [-0.05, 0) is 98.5 Å². The molecule has 2 aliphatic carbocycles. The van der Waals surface area contributed by atoms with E-state index in [9.17, 15) is 28.0 Å². The Morgan fingerprint density at radius 1 is 0.556 bits per heavy atom. The van der Waals surface area contributed by atoms with Crippen LogP contribution in [0.3, 0.4) is 0 Å². The van der Waals surface area contributed by atoms with Gasteiger partial charge in [-0.3, -0.25) is 29.6 Å². The largest absolute Gasteiger partial charge is 0.466 e. The minimum absolute atomic E-state index is 0.0144. The number of nitrogens with one attached hydrogen (secondary N) is 4. The van der Waals surface area contributed by atoms with Crippen LogP contribution in [0.1, 0.15) is 101 Å². The number of nitrogens with zero attached hydrogens (tertiary/aromatic N) is 12. The lowest BCUT2D eigenvalue weighted by Crippen LogP contribution is -2.53. The van der Waals surface area contributed by atoms with Crippen LogP contribution in [-0.4, -0.2) is 177 Å². The van der Waals surface area contributed by atoms with E-state index in [1.807, 2.05) is 91.3 Å². The predicted octanol–water partition coefficient (Wildman–Crippen LogP) is 11.9. The number of halogens is 4. The SMILES string of the molecule is COC(=O)C1=C(CN2CCN3C(=O)N(c4ccc(-c5ncc(C6CC6)[nH]5)cc4)C[C@@H]3C2)NC(c2nccs2)=N[C@H]1c1ccc(F)cc1Cl.COC(=O)C1=C(CN2CCN3C(=O)N(c4ccc(-c5ncc(C6CCCCC6)[nH]5)cc4)C[C@@H]3C2)NC(c2nccs2)=N[C@H]1c1ccc(F)cc1Cl. The van der Waals surface area contributed by atoms with E-state index in [0.717, 1.165) is 34.2 Å². The fraction of sp³-hybridized carbons (Fsp3) is 0.352. The fourth-order valence-electron chi connectivity index (χ4n) is 14.4. The first-order valence-corrected chi connectivity index (χ1v) is 35.7. The lowest BCUT2D eigenvalue weighted by molar-refractivity contribution is -0.137. The number of amidine groups is 2. The average Bonchev–Trinajstić information content (AvgIpc) is 1.70. The molecule has 4 aromatic heterocycles. The van der Waals surface area contributed by atoms with Crippen molar-refractivity contribution in [3.63, 3.8) is 0 Å². The quantitative estimate of drug-likeness (QED) is 0.0659. The van der Waals surface area contributed by atoms with Crippen LogP contribution in [0.5, 0.6) is 0 Å². The third-order valence-electron chi connectivity index (χ3n) is 19.6. The summed E-state index contributed by atoms with van der Waals surface area (Å²) in [5, 5.41) is 12.0. The van der Waals surface area contributed by atoms with Crippen molar-refractivity contribution >= 4 is 92.9 Å². The Labute approximate surface area is 587 Å². The molecule has 4 atom stereocenters. The van der Waals surface area contributed by atoms with E-state index in [1.165, 1.54) is 117 Å². The lowest BCUT2D eigenvalue weighted by Gasteiger charge is -2.38. The Hall–Kier alpha value is -9.18. The van der Waals surface area contributed by atoms with Gasteiger partial charge in [0.15, 0.2) is 21.7 Å². The first-order valence-electron chi connectivity index (χ1n) is 33.2. The number of piperazine rings is 2. The van der Waals surface area contributed by atoms with Gasteiger partial charge in [0.2, 0.25) is 0 Å². The molecular weight excluding hydrogens is 1350 g/mol. The second kappa shape index (κ2) is 28.2. The molecule has 0 spiro atoms. The van der Waals surface area contributed by atoms with Gasteiger partial charge in [-0.1, -0.05) is 54.6 Å². The number of anilines is 2. The highest BCUT2D eigenvalue weighted by atomic mass is 35.5. The van der Waals surface area contributed by atoms with Crippen molar-refractivity contribution in [3.05, 3.63) is 197 Å². The average molecular weight is 1420 g/mol. The van der Waals surface area contributed by atoms with Crippen LogP contribution >= 0.6 is 45.9 Å². The molecule has 16 rings (SSSR count). The van der Waals surface area contributed by atoms with E-state index in [2.05, 4.69) is 50.3 Å². The molecule has 4 saturated heterocycles. The van der Waals surface area contributed by atoms with Crippen LogP contribution in [0.2, 0.25) is 10.0 Å². The molecule has 6 fully saturated rings. The molecule has 0 radical (unpaired) electrons. The number of hydrogen-bond acceptors (Lipinski definition) is 18. The molecule has 510 valence electrons. The summed E-state index contributed by atoms with van der Waals surface area (Å²) in [6, 6.07) is 22.3. The number of thiazole rings is 2. The molecule has 4 aromatic carbocycles. The maximum Gasteiger partial charge on any atom is 0.338 e. The molecular formula is C71H70Cl2F2N16O6S2. The van der Waals surface area contributed by atoms with Gasteiger partial charge in [-0.2, -0.15) is 0 Å². The number of aliphatic imine (C=N–C) groups is 2. The molecule has 6 aliphatic heterocycles. The topological polar surface area (TPSA) is 238 Å². The number of amides is 4. The standard InChI is InChI=1S/C37H38ClFN8O3S.C34H32ClFN8O3S/c1-50-36(48)31-30(43-34(35-40-13-16-51-35)44-32(31)27-12-9-24(39)17-28(27)38)21-45-14-15-46-26(19-45)20-47(37(46)49)25-10-7-23(8-11-25)33-41-18-29(42-33)22-5-3-2-4-6-22;1-47-33(45)28-27(40-31(32-37-10-13-48-32)41-29(28)24-9-6-21(36)14-25(24)35)18-42-11-12-43-23(16-42)17-44(34(43)46)22-7-4-20(5-8-22)30-38-15-26(39-30)19-2-3-19/h7-13,16-18,22,26,32H,2-6,14-15,19-21H2,1H3,(H,41,42)(H,43,44);4-10,13-15,19,23,29H,2-3,11-12,16-18H2,1H3,(H,38,39)(H,40,41)/t26-,32-;23-,29-/m00/s1. The summed E-state index contributed by atoms with van der Waals surface area (Å²) in [7, 11) is 2.64. The maximum absolute atomic E-state index is 14.1. The third-order valence-corrected chi connectivity index (χ3v) is 21.9. The lowest BCUT2D eigenvalue weighted by atomic mass is 9.87. The summed E-state index contributed by atoms with van der Waals surface area (Å²) in [6.07, 6.45) is 16.0. The second-order valence-electron chi connectivity index (χ2n) is 25.8. The first-order chi connectivity index (χ1) is 48.2. The van der Waals surface area contributed by atoms with Gasteiger partial charge in [0, 0.05) is 179 Å². The van der Waals surface area contributed by atoms with Gasteiger partial charge >= 0.3 is 24.0 Å². The van der Waals surface area contributed by atoms with E-state index in [-0.39, 0.29) is 34.2 Å². The van der Waals surface area contributed by atoms with Gasteiger partial charge in [-0.15, -0.1) is 22.7 Å². The van der Waals surface area contributed by atoms with Crippen LogP contribution in [0.15, 0.2) is 153 Å². The number of aromatic nitrogens is 6. The monoisotopic (exact) mass is 1410 g/mol. The number of aromatic amines is 2. The van der Waals surface area contributed by atoms with Crippen molar-refractivity contribution in [3.8, 4) is 22.8 Å². The van der Waals surface area contributed by atoms with E-state index in [0.29, 0.717) is 133 Å². The minimum Gasteiger partial charge on any atom is -0.466 e. The molecule has 99 heavy (non-hydrogen) atoms. The Morgan fingerprint density at radius 3 is 1.38 bits per heavy atom. The molecule has 28 heteroatoms. The van der Waals surface area contributed by atoms with Crippen LogP contribution in [0.4, 0.5) is 29.7 Å². The number of ether oxygens (including phenoxy) is 2. The molecule has 22 nitrogen and oxygen atoms in total. The number of imidazole rings is 2. The number of urea groups is 2. The molecule has 4 amide bonds. The number of hydrogen-bond donors (Lipinski definition) is 4. The number of carbonyl (C=O) groups is 4.